The summed E-state index contributed by atoms with van der Waals surface area (Å²) in [5.74, 6) is 0.692. The van der Waals surface area contributed by atoms with E-state index in [-0.39, 0.29) is 11.9 Å². The van der Waals surface area contributed by atoms with Crippen molar-refractivity contribution in [3.05, 3.63) is 59.3 Å². The molecule has 1 aromatic heterocycles. The number of nitrogens with one attached hydrogen (secondary N) is 1. The van der Waals surface area contributed by atoms with Gasteiger partial charge in [-0.1, -0.05) is 6.07 Å². The van der Waals surface area contributed by atoms with Crippen LogP contribution in [0.4, 0.5) is 4.39 Å². The number of halogens is 1. The van der Waals surface area contributed by atoms with Gasteiger partial charge in [-0.15, -0.1) is 0 Å². The minimum Gasteiger partial charge on any atom is -0.468 e. The van der Waals surface area contributed by atoms with Crippen LogP contribution in [-0.2, 0) is 6.54 Å². The molecule has 0 aliphatic rings. The number of aryl methyl sites for hydroxylation is 1. The van der Waals surface area contributed by atoms with Crippen molar-refractivity contribution < 1.29 is 8.81 Å². The fraction of sp³-hybridized carbons (Fsp3) is 0.286. The first-order valence-corrected chi connectivity index (χ1v) is 5.68. The second-order valence-corrected chi connectivity index (χ2v) is 4.19. The van der Waals surface area contributed by atoms with Gasteiger partial charge in [-0.2, -0.15) is 0 Å². The van der Waals surface area contributed by atoms with Crippen LogP contribution in [0.15, 0.2) is 41.0 Å². The number of hydrogen-bond donors (Lipinski definition) is 1. The number of benzene rings is 1. The molecule has 0 aliphatic heterocycles. The van der Waals surface area contributed by atoms with E-state index >= 15 is 0 Å². The molecule has 90 valence electrons. The molecule has 0 aliphatic carbocycles. The van der Waals surface area contributed by atoms with E-state index in [4.69, 9.17) is 4.42 Å². The van der Waals surface area contributed by atoms with Gasteiger partial charge in [0.2, 0.25) is 0 Å². The van der Waals surface area contributed by atoms with Gasteiger partial charge in [0.1, 0.15) is 11.6 Å². The normalized spacial score (nSPS) is 12.6. The summed E-state index contributed by atoms with van der Waals surface area (Å²) >= 11 is 0. The average molecular weight is 233 g/mol. The lowest BCUT2D eigenvalue weighted by atomic mass is 10.1. The highest BCUT2D eigenvalue weighted by atomic mass is 19.1. The Morgan fingerprint density at radius 1 is 1.35 bits per heavy atom. The Kier molecular flexibility index (Phi) is 3.59. The Labute approximate surface area is 100 Å². The van der Waals surface area contributed by atoms with Gasteiger partial charge in [0.15, 0.2) is 0 Å². The van der Waals surface area contributed by atoms with E-state index in [1.54, 1.807) is 18.4 Å². The molecule has 1 atom stereocenters. The SMILES string of the molecule is Cc1ccc(F)cc1CN[C@@H](C)c1ccco1. The molecule has 1 N–H and O–H groups in total. The molecule has 0 amide bonds. The molecule has 0 unspecified atom stereocenters. The molecule has 1 heterocycles. The predicted octanol–water partition coefficient (Wildman–Crippen LogP) is 3.58. The zero-order valence-corrected chi connectivity index (χ0v) is 10.0. The monoisotopic (exact) mass is 233 g/mol. The molecule has 0 radical (unpaired) electrons. The summed E-state index contributed by atoms with van der Waals surface area (Å²) in [5.41, 5.74) is 2.06. The lowest BCUT2D eigenvalue weighted by molar-refractivity contribution is 0.429. The molecule has 0 saturated heterocycles. The summed E-state index contributed by atoms with van der Waals surface area (Å²) < 4.78 is 18.4. The molecule has 3 heteroatoms. The van der Waals surface area contributed by atoms with Gasteiger partial charge in [0.05, 0.1) is 12.3 Å². The fourth-order valence-corrected chi connectivity index (χ4v) is 1.73. The van der Waals surface area contributed by atoms with Crippen LogP contribution in [0.5, 0.6) is 0 Å². The maximum atomic E-state index is 13.1. The van der Waals surface area contributed by atoms with E-state index in [1.165, 1.54) is 6.07 Å². The molecule has 2 aromatic rings. The highest BCUT2D eigenvalue weighted by molar-refractivity contribution is 5.26. The molecule has 0 spiro atoms. The van der Waals surface area contributed by atoms with Gasteiger partial charge in [0, 0.05) is 6.54 Å². The van der Waals surface area contributed by atoms with E-state index in [0.717, 1.165) is 16.9 Å². The maximum absolute atomic E-state index is 13.1. The van der Waals surface area contributed by atoms with Crippen molar-refractivity contribution in [1.82, 2.24) is 5.32 Å². The van der Waals surface area contributed by atoms with E-state index in [1.807, 2.05) is 26.0 Å². The van der Waals surface area contributed by atoms with Crippen LogP contribution in [0.2, 0.25) is 0 Å². The topological polar surface area (TPSA) is 25.2 Å². The van der Waals surface area contributed by atoms with Crippen molar-refractivity contribution in [2.24, 2.45) is 0 Å². The predicted molar refractivity (Wildman–Crippen MR) is 65.1 cm³/mol. The smallest absolute Gasteiger partial charge is 0.123 e. The van der Waals surface area contributed by atoms with E-state index in [9.17, 15) is 4.39 Å². The molecule has 2 rings (SSSR count). The highest BCUT2D eigenvalue weighted by Gasteiger charge is 2.08. The van der Waals surface area contributed by atoms with E-state index in [0.29, 0.717) is 6.54 Å². The standard InChI is InChI=1S/C14H16FNO/c1-10-5-6-13(15)8-12(10)9-16-11(2)14-4-3-7-17-14/h3-8,11,16H,9H2,1-2H3/t11-/m0/s1. The third-order valence-corrected chi connectivity index (χ3v) is 2.88. The molecule has 0 saturated carbocycles. The minimum atomic E-state index is -0.196. The van der Waals surface area contributed by atoms with Gasteiger partial charge >= 0.3 is 0 Å². The first kappa shape index (κ1) is 11.9. The second kappa shape index (κ2) is 5.15. The van der Waals surface area contributed by atoms with Gasteiger partial charge in [-0.25, -0.2) is 4.39 Å². The Morgan fingerprint density at radius 3 is 2.88 bits per heavy atom. The van der Waals surface area contributed by atoms with Crippen molar-refractivity contribution >= 4 is 0 Å². The van der Waals surface area contributed by atoms with Crippen LogP contribution >= 0.6 is 0 Å². The second-order valence-electron chi connectivity index (χ2n) is 4.19. The van der Waals surface area contributed by atoms with E-state index in [2.05, 4.69) is 5.32 Å². The summed E-state index contributed by atoms with van der Waals surface area (Å²) in [6.45, 7) is 4.63. The molecule has 1 aromatic carbocycles. The highest BCUT2D eigenvalue weighted by Crippen LogP contribution is 2.15. The van der Waals surface area contributed by atoms with Gasteiger partial charge in [-0.3, -0.25) is 0 Å². The average Bonchev–Trinajstić information content (AvgIpc) is 2.83. The third-order valence-electron chi connectivity index (χ3n) is 2.88. The van der Waals surface area contributed by atoms with Crippen molar-refractivity contribution in [1.29, 1.82) is 0 Å². The van der Waals surface area contributed by atoms with Gasteiger partial charge < -0.3 is 9.73 Å². The molecular formula is C14H16FNO. The fourth-order valence-electron chi connectivity index (χ4n) is 1.73. The molecule has 0 fully saturated rings. The number of hydrogen-bond acceptors (Lipinski definition) is 2. The van der Waals surface area contributed by atoms with Crippen molar-refractivity contribution in [3.8, 4) is 0 Å². The number of rotatable bonds is 4. The van der Waals surface area contributed by atoms with Crippen molar-refractivity contribution in [3.63, 3.8) is 0 Å². The largest absolute Gasteiger partial charge is 0.468 e. The van der Waals surface area contributed by atoms with Crippen LogP contribution < -0.4 is 5.32 Å². The zero-order chi connectivity index (χ0) is 12.3. The first-order valence-electron chi connectivity index (χ1n) is 5.68. The Hall–Kier alpha value is -1.61. The first-order chi connectivity index (χ1) is 8.16. The van der Waals surface area contributed by atoms with E-state index < -0.39 is 0 Å². The number of furan rings is 1. The summed E-state index contributed by atoms with van der Waals surface area (Å²) in [7, 11) is 0. The van der Waals surface area contributed by atoms with Gasteiger partial charge in [0.25, 0.3) is 0 Å². The molecular weight excluding hydrogens is 217 g/mol. The summed E-state index contributed by atoms with van der Waals surface area (Å²) in [4.78, 5) is 0. The van der Waals surface area contributed by atoms with Crippen LogP contribution in [0, 0.1) is 12.7 Å². The Morgan fingerprint density at radius 2 is 2.18 bits per heavy atom. The third kappa shape index (κ3) is 2.94. The van der Waals surface area contributed by atoms with Crippen molar-refractivity contribution in [2.45, 2.75) is 26.4 Å². The summed E-state index contributed by atoms with van der Waals surface area (Å²) in [6, 6.07) is 8.75. The Bertz CT molecular complexity index is 479. The lowest BCUT2D eigenvalue weighted by Gasteiger charge is -2.12. The zero-order valence-electron chi connectivity index (χ0n) is 10.0. The molecule has 17 heavy (non-hydrogen) atoms. The Balaban J connectivity index is 2.00. The summed E-state index contributed by atoms with van der Waals surface area (Å²) in [5, 5.41) is 3.31. The molecule has 2 nitrogen and oxygen atoms in total. The minimum absolute atomic E-state index is 0.118. The quantitative estimate of drug-likeness (QED) is 0.873. The van der Waals surface area contributed by atoms with Crippen molar-refractivity contribution in [2.75, 3.05) is 0 Å². The van der Waals surface area contributed by atoms with Crippen LogP contribution in [0.25, 0.3) is 0 Å². The lowest BCUT2D eigenvalue weighted by Crippen LogP contribution is -2.18. The van der Waals surface area contributed by atoms with Crippen LogP contribution in [-0.4, -0.2) is 0 Å². The van der Waals surface area contributed by atoms with Gasteiger partial charge in [-0.05, 0) is 49.2 Å². The maximum Gasteiger partial charge on any atom is 0.123 e. The van der Waals surface area contributed by atoms with Crippen LogP contribution in [0.1, 0.15) is 29.9 Å². The summed E-state index contributed by atoms with van der Waals surface area (Å²) in [6.07, 6.45) is 1.65. The van der Waals surface area contributed by atoms with Crippen LogP contribution in [0.3, 0.4) is 0 Å². The molecule has 0 bridgehead atoms.